The van der Waals surface area contributed by atoms with E-state index in [0.717, 1.165) is 0 Å². The van der Waals surface area contributed by atoms with E-state index in [0.29, 0.717) is 37.7 Å². The van der Waals surface area contributed by atoms with Crippen molar-refractivity contribution in [1.82, 2.24) is 9.88 Å². The number of ether oxygens (including phenoxy) is 1. The molecule has 1 aromatic carbocycles. The number of nitrogens with zero attached hydrogens (tertiary/aromatic N) is 2. The van der Waals surface area contributed by atoms with Crippen molar-refractivity contribution < 1.29 is 19.1 Å². The van der Waals surface area contributed by atoms with Gasteiger partial charge in [-0.25, -0.2) is 4.98 Å². The maximum Gasteiger partial charge on any atom is 0.274 e. The molecule has 0 saturated carbocycles. The van der Waals surface area contributed by atoms with E-state index in [9.17, 15) is 14.4 Å². The molecule has 2 heterocycles. The summed E-state index contributed by atoms with van der Waals surface area (Å²) in [6.07, 6.45) is 0. The zero-order valence-corrected chi connectivity index (χ0v) is 14.9. The van der Waals surface area contributed by atoms with Gasteiger partial charge in [0, 0.05) is 31.4 Å². The highest BCUT2D eigenvalue weighted by atomic mass is 16.5. The van der Waals surface area contributed by atoms with Gasteiger partial charge < -0.3 is 20.3 Å². The minimum absolute atomic E-state index is 0.153. The molecule has 0 bridgehead atoms. The van der Waals surface area contributed by atoms with Crippen molar-refractivity contribution in [2.75, 3.05) is 36.9 Å². The topological polar surface area (TPSA) is 101 Å². The van der Waals surface area contributed by atoms with Gasteiger partial charge in [-0.2, -0.15) is 0 Å². The molecule has 0 radical (unpaired) electrons. The lowest BCUT2D eigenvalue weighted by Crippen LogP contribution is -2.41. The highest BCUT2D eigenvalue weighted by Gasteiger charge is 2.20. The first kappa shape index (κ1) is 18.5. The zero-order chi connectivity index (χ0) is 19.2. The average Bonchev–Trinajstić information content (AvgIpc) is 2.69. The van der Waals surface area contributed by atoms with Crippen LogP contribution in [0.2, 0.25) is 0 Å². The Bertz CT molecular complexity index is 845. The van der Waals surface area contributed by atoms with Gasteiger partial charge in [0.25, 0.3) is 11.8 Å². The van der Waals surface area contributed by atoms with Gasteiger partial charge in [0.2, 0.25) is 5.91 Å². The van der Waals surface area contributed by atoms with Gasteiger partial charge >= 0.3 is 0 Å². The molecule has 1 fully saturated rings. The van der Waals surface area contributed by atoms with E-state index in [4.69, 9.17) is 4.74 Å². The summed E-state index contributed by atoms with van der Waals surface area (Å²) in [5.41, 5.74) is 1.57. The average molecular weight is 368 g/mol. The van der Waals surface area contributed by atoms with E-state index in [1.807, 2.05) is 0 Å². The fourth-order valence-corrected chi connectivity index (χ4v) is 2.64. The predicted octanol–water partition coefficient (Wildman–Crippen LogP) is 1.76. The normalized spacial score (nSPS) is 13.7. The molecule has 3 rings (SSSR count). The molecule has 0 atom stereocenters. The second kappa shape index (κ2) is 8.41. The Morgan fingerprint density at radius 3 is 2.15 bits per heavy atom. The maximum atomic E-state index is 12.5. The van der Waals surface area contributed by atoms with Gasteiger partial charge in [-0.05, 0) is 36.4 Å². The number of aromatic nitrogens is 1. The number of amides is 3. The SMILES string of the molecule is CC(=O)Nc1ccc(NC(=O)c2cccc(C(=O)N3CCOCC3)n2)cc1. The minimum atomic E-state index is -0.418. The van der Waals surface area contributed by atoms with Crippen molar-refractivity contribution in [2.24, 2.45) is 0 Å². The number of hydrogen-bond acceptors (Lipinski definition) is 5. The van der Waals surface area contributed by atoms with Crippen LogP contribution >= 0.6 is 0 Å². The van der Waals surface area contributed by atoms with Crippen LogP contribution in [0.3, 0.4) is 0 Å². The summed E-state index contributed by atoms with van der Waals surface area (Å²) in [6.45, 7) is 3.45. The standard InChI is InChI=1S/C19H20N4O4/c1-13(24)20-14-5-7-15(8-6-14)21-18(25)16-3-2-4-17(22-16)19(26)23-9-11-27-12-10-23/h2-8H,9-12H2,1H3,(H,20,24)(H,21,25). The lowest BCUT2D eigenvalue weighted by Gasteiger charge is -2.26. The first-order valence-electron chi connectivity index (χ1n) is 8.56. The summed E-state index contributed by atoms with van der Waals surface area (Å²) in [4.78, 5) is 41.8. The molecule has 1 aliphatic rings. The summed E-state index contributed by atoms with van der Waals surface area (Å²) < 4.78 is 5.24. The van der Waals surface area contributed by atoms with E-state index in [2.05, 4.69) is 15.6 Å². The molecular weight excluding hydrogens is 348 g/mol. The zero-order valence-electron chi connectivity index (χ0n) is 14.9. The van der Waals surface area contributed by atoms with Crippen molar-refractivity contribution in [3.63, 3.8) is 0 Å². The van der Waals surface area contributed by atoms with Crippen molar-refractivity contribution >= 4 is 29.1 Å². The van der Waals surface area contributed by atoms with E-state index >= 15 is 0 Å². The van der Waals surface area contributed by atoms with Gasteiger partial charge in [-0.1, -0.05) is 6.07 Å². The second-order valence-electron chi connectivity index (χ2n) is 6.03. The lowest BCUT2D eigenvalue weighted by molar-refractivity contribution is -0.114. The Morgan fingerprint density at radius 2 is 1.52 bits per heavy atom. The van der Waals surface area contributed by atoms with Gasteiger partial charge in [-0.3, -0.25) is 14.4 Å². The summed E-state index contributed by atoms with van der Waals surface area (Å²) in [5, 5.41) is 5.38. The molecule has 3 amide bonds. The number of morpholine rings is 1. The van der Waals surface area contributed by atoms with Crippen LogP contribution in [-0.2, 0) is 9.53 Å². The van der Waals surface area contributed by atoms with Crippen LogP contribution in [-0.4, -0.2) is 53.9 Å². The minimum Gasteiger partial charge on any atom is -0.378 e. The van der Waals surface area contributed by atoms with Crippen LogP contribution in [0.4, 0.5) is 11.4 Å². The molecule has 8 nitrogen and oxygen atoms in total. The third-order valence-corrected chi connectivity index (χ3v) is 3.96. The predicted molar refractivity (Wildman–Crippen MR) is 99.7 cm³/mol. The monoisotopic (exact) mass is 368 g/mol. The number of rotatable bonds is 4. The van der Waals surface area contributed by atoms with Gasteiger partial charge in [-0.15, -0.1) is 0 Å². The van der Waals surface area contributed by atoms with E-state index < -0.39 is 5.91 Å². The molecule has 1 aliphatic heterocycles. The molecule has 0 unspecified atom stereocenters. The largest absolute Gasteiger partial charge is 0.378 e. The number of nitrogens with one attached hydrogen (secondary N) is 2. The Balaban J connectivity index is 1.68. The first-order valence-corrected chi connectivity index (χ1v) is 8.56. The smallest absolute Gasteiger partial charge is 0.274 e. The molecule has 140 valence electrons. The van der Waals surface area contributed by atoms with E-state index in [1.165, 1.54) is 6.92 Å². The summed E-state index contributed by atoms with van der Waals surface area (Å²) in [5.74, 6) is -0.802. The number of anilines is 2. The number of carbonyl (C=O) groups is 3. The van der Waals surface area contributed by atoms with Crippen LogP contribution in [0.1, 0.15) is 27.9 Å². The van der Waals surface area contributed by atoms with Crippen LogP contribution in [0.15, 0.2) is 42.5 Å². The van der Waals surface area contributed by atoms with Gasteiger partial charge in [0.15, 0.2) is 0 Å². The quantitative estimate of drug-likeness (QED) is 0.857. The number of hydrogen-bond donors (Lipinski definition) is 2. The Hall–Kier alpha value is -3.26. The van der Waals surface area contributed by atoms with Crippen molar-refractivity contribution in [1.29, 1.82) is 0 Å². The molecular formula is C19H20N4O4. The number of carbonyl (C=O) groups excluding carboxylic acids is 3. The van der Waals surface area contributed by atoms with Crippen LogP contribution in [0.25, 0.3) is 0 Å². The molecule has 8 heteroatoms. The van der Waals surface area contributed by atoms with Crippen LogP contribution < -0.4 is 10.6 Å². The van der Waals surface area contributed by atoms with E-state index in [-0.39, 0.29) is 23.2 Å². The third-order valence-electron chi connectivity index (χ3n) is 3.96. The van der Waals surface area contributed by atoms with Crippen LogP contribution in [0.5, 0.6) is 0 Å². The van der Waals surface area contributed by atoms with Crippen molar-refractivity contribution in [3.8, 4) is 0 Å². The lowest BCUT2D eigenvalue weighted by atomic mass is 10.2. The molecule has 27 heavy (non-hydrogen) atoms. The molecule has 0 spiro atoms. The fraction of sp³-hybridized carbons (Fsp3) is 0.263. The van der Waals surface area contributed by atoms with E-state index in [1.54, 1.807) is 47.4 Å². The summed E-state index contributed by atoms with van der Waals surface area (Å²) in [6, 6.07) is 11.5. The third kappa shape index (κ3) is 4.89. The molecule has 0 aliphatic carbocycles. The highest BCUT2D eigenvalue weighted by molar-refractivity contribution is 6.04. The fourth-order valence-electron chi connectivity index (χ4n) is 2.64. The van der Waals surface area contributed by atoms with Crippen LogP contribution in [0, 0.1) is 0 Å². The second-order valence-corrected chi connectivity index (χ2v) is 6.03. The van der Waals surface area contributed by atoms with Crippen molar-refractivity contribution in [3.05, 3.63) is 53.9 Å². The maximum absolute atomic E-state index is 12.5. The summed E-state index contributed by atoms with van der Waals surface area (Å²) >= 11 is 0. The summed E-state index contributed by atoms with van der Waals surface area (Å²) in [7, 11) is 0. The Morgan fingerprint density at radius 1 is 0.926 bits per heavy atom. The molecule has 1 aromatic heterocycles. The highest BCUT2D eigenvalue weighted by Crippen LogP contribution is 2.15. The number of pyridine rings is 1. The molecule has 2 aromatic rings. The first-order chi connectivity index (χ1) is 13.0. The Kier molecular flexibility index (Phi) is 5.77. The molecule has 2 N–H and O–H groups in total. The van der Waals surface area contributed by atoms with Crippen molar-refractivity contribution in [2.45, 2.75) is 6.92 Å². The molecule has 1 saturated heterocycles. The Labute approximate surface area is 156 Å². The van der Waals surface area contributed by atoms with Gasteiger partial charge in [0.1, 0.15) is 11.4 Å². The number of benzene rings is 1. The van der Waals surface area contributed by atoms with Gasteiger partial charge in [0.05, 0.1) is 13.2 Å².